The van der Waals surface area contributed by atoms with Crippen LogP contribution in [0, 0.1) is 0 Å². The molecule has 1 heterocycles. The first kappa shape index (κ1) is 4.83. The molecule has 0 aromatic carbocycles. The van der Waals surface area contributed by atoms with Crippen molar-refractivity contribution < 1.29 is 10.2 Å². The first-order valence-electron chi connectivity index (χ1n) is 1.99. The van der Waals surface area contributed by atoms with Gasteiger partial charge in [0.15, 0.2) is 0 Å². The molecule has 0 saturated heterocycles. The zero-order valence-corrected chi connectivity index (χ0v) is 3.94. The second kappa shape index (κ2) is 1.65. The van der Waals surface area contributed by atoms with Gasteiger partial charge < -0.3 is 10.2 Å². The van der Waals surface area contributed by atoms with Gasteiger partial charge in [-0.15, -0.1) is 0 Å². The summed E-state index contributed by atoms with van der Waals surface area (Å²) in [5, 5.41) is 17.0. The van der Waals surface area contributed by atoms with Crippen LogP contribution in [0.25, 0.3) is 0 Å². The van der Waals surface area contributed by atoms with Crippen molar-refractivity contribution in [3.8, 4) is 11.8 Å². The van der Waals surface area contributed by atoms with Crippen molar-refractivity contribution in [2.24, 2.45) is 0 Å². The predicted molar refractivity (Wildman–Crippen MR) is 25.4 cm³/mol. The van der Waals surface area contributed by atoms with Gasteiger partial charge in [0.05, 0.1) is 12.4 Å². The van der Waals surface area contributed by atoms with Gasteiger partial charge in [-0.2, -0.15) is 4.98 Å². The molecule has 1 aromatic heterocycles. The average Bonchev–Trinajstić information content (AvgIpc) is 1.64. The van der Waals surface area contributed by atoms with Crippen LogP contribution < -0.4 is 0 Å². The summed E-state index contributed by atoms with van der Waals surface area (Å²) in [6, 6.07) is 0. The van der Waals surface area contributed by atoms with Gasteiger partial charge in [0.1, 0.15) is 0 Å². The Hall–Kier alpha value is -1.32. The summed E-state index contributed by atoms with van der Waals surface area (Å²) in [6.07, 6.45) is 2.28. The second-order valence-corrected chi connectivity index (χ2v) is 1.24. The summed E-state index contributed by atoms with van der Waals surface area (Å²) < 4.78 is 0. The highest BCUT2D eigenvalue weighted by molar-refractivity contribution is 5.08. The lowest BCUT2D eigenvalue weighted by Crippen LogP contribution is -1.75. The quantitative estimate of drug-likeness (QED) is 0.491. The van der Waals surface area contributed by atoms with E-state index >= 15 is 0 Å². The van der Waals surface area contributed by atoms with Crippen molar-refractivity contribution in [1.29, 1.82) is 0 Å². The number of hydrogen-bond acceptors (Lipinski definition) is 4. The Bertz CT molecular complexity index is 172. The summed E-state index contributed by atoms with van der Waals surface area (Å²) in [7, 11) is 0. The fourth-order valence-electron chi connectivity index (χ4n) is 0.346. The van der Waals surface area contributed by atoms with Gasteiger partial charge in [-0.1, -0.05) is 0 Å². The van der Waals surface area contributed by atoms with Crippen LogP contribution in [-0.2, 0) is 0 Å². The molecule has 0 spiro atoms. The third-order valence-corrected chi connectivity index (χ3v) is 0.609. The maximum Gasteiger partial charge on any atom is 0.233 e. The molecule has 0 amide bonds. The van der Waals surface area contributed by atoms with E-state index in [9.17, 15) is 0 Å². The lowest BCUT2D eigenvalue weighted by Gasteiger charge is -1.87. The molecule has 0 fully saturated rings. The van der Waals surface area contributed by atoms with Crippen LogP contribution in [0.1, 0.15) is 0 Å². The van der Waals surface area contributed by atoms with Crippen LogP contribution in [0.5, 0.6) is 11.8 Å². The molecule has 0 bridgehead atoms. The third-order valence-electron chi connectivity index (χ3n) is 0.609. The van der Waals surface area contributed by atoms with E-state index in [-0.39, 0.29) is 11.8 Å². The maximum atomic E-state index is 8.48. The zero-order valence-electron chi connectivity index (χ0n) is 3.94. The number of hydrogen-bond donors (Lipinski definition) is 2. The number of aromatic nitrogens is 2. The molecule has 0 atom stereocenters. The van der Waals surface area contributed by atoms with E-state index in [1.54, 1.807) is 0 Å². The van der Waals surface area contributed by atoms with Crippen molar-refractivity contribution in [2.75, 3.05) is 0 Å². The fourth-order valence-corrected chi connectivity index (χ4v) is 0.346. The molecule has 2 N–H and O–H groups in total. The van der Waals surface area contributed by atoms with Crippen molar-refractivity contribution in [1.82, 2.24) is 9.97 Å². The molecule has 0 aliphatic carbocycles. The maximum absolute atomic E-state index is 8.48. The summed E-state index contributed by atoms with van der Waals surface area (Å²) >= 11 is 0. The van der Waals surface area contributed by atoms with Crippen LogP contribution in [0.2, 0.25) is 0 Å². The summed E-state index contributed by atoms with van der Waals surface area (Å²) in [4.78, 5) is 6.64. The van der Waals surface area contributed by atoms with Crippen LogP contribution in [-0.4, -0.2) is 20.2 Å². The van der Waals surface area contributed by atoms with E-state index in [0.717, 1.165) is 12.4 Å². The first-order valence-corrected chi connectivity index (χ1v) is 1.99. The van der Waals surface area contributed by atoms with Crippen LogP contribution in [0.3, 0.4) is 0 Å². The van der Waals surface area contributed by atoms with Crippen LogP contribution in [0.4, 0.5) is 0 Å². The first-order chi connectivity index (χ1) is 3.79. The van der Waals surface area contributed by atoms with Gasteiger partial charge in [0.2, 0.25) is 11.8 Å². The Balaban J connectivity index is 3.08. The van der Waals surface area contributed by atoms with Crippen molar-refractivity contribution in [2.45, 2.75) is 0 Å². The Morgan fingerprint density at radius 3 is 1.88 bits per heavy atom. The van der Waals surface area contributed by atoms with Gasteiger partial charge in [-0.25, -0.2) is 0 Å². The van der Waals surface area contributed by atoms with E-state index < -0.39 is 0 Å². The van der Waals surface area contributed by atoms with E-state index in [0.29, 0.717) is 0 Å². The molecule has 1 aromatic rings. The van der Waals surface area contributed by atoms with Gasteiger partial charge in [-0.3, -0.25) is 4.98 Å². The van der Waals surface area contributed by atoms with Crippen LogP contribution >= 0.6 is 0 Å². The minimum Gasteiger partial charge on any atom is -0.492 e. The number of aromatic hydroxyl groups is 2. The third kappa shape index (κ3) is 0.841. The molecule has 0 aliphatic heterocycles. The second-order valence-electron chi connectivity index (χ2n) is 1.24. The smallest absolute Gasteiger partial charge is 0.233 e. The minimum atomic E-state index is -0.273. The van der Waals surface area contributed by atoms with Gasteiger partial charge >= 0.3 is 0 Å². The average molecular weight is 112 g/mol. The molecular weight excluding hydrogens is 108 g/mol. The normalized spacial score (nSPS) is 9.00. The highest BCUT2D eigenvalue weighted by atomic mass is 16.3. The van der Waals surface area contributed by atoms with Gasteiger partial charge in [0, 0.05) is 0 Å². The Morgan fingerprint density at radius 1 is 1.12 bits per heavy atom. The van der Waals surface area contributed by atoms with E-state index in [2.05, 4.69) is 9.97 Å². The molecule has 4 heteroatoms. The zero-order chi connectivity index (χ0) is 5.98. The summed E-state index contributed by atoms with van der Waals surface area (Å²) in [6.45, 7) is 0. The molecular formula is C4H4N2O2. The molecule has 0 aliphatic rings. The lowest BCUT2D eigenvalue weighted by atomic mass is 10.7. The molecule has 0 unspecified atom stereocenters. The Morgan fingerprint density at radius 2 is 1.62 bits per heavy atom. The highest BCUT2D eigenvalue weighted by Crippen LogP contribution is 2.05. The Kier molecular flexibility index (Phi) is 0.997. The van der Waals surface area contributed by atoms with E-state index in [1.807, 2.05) is 0 Å². The summed E-state index contributed by atoms with van der Waals surface area (Å²) in [5.41, 5.74) is 0. The fraction of sp³-hybridized carbons (Fsp3) is 0. The Labute approximate surface area is 45.5 Å². The molecule has 1 rings (SSSR count). The van der Waals surface area contributed by atoms with Crippen molar-refractivity contribution >= 4 is 0 Å². The van der Waals surface area contributed by atoms with E-state index in [1.165, 1.54) is 0 Å². The monoisotopic (exact) mass is 112 g/mol. The van der Waals surface area contributed by atoms with Crippen molar-refractivity contribution in [3.05, 3.63) is 12.4 Å². The standard InChI is InChI=1S/C4H4N2O2/c7-3-1-5-2-4(8)6-3/h1-2H,(H2,6,7,8). The topological polar surface area (TPSA) is 66.2 Å². The highest BCUT2D eigenvalue weighted by Gasteiger charge is 1.88. The number of rotatable bonds is 0. The molecule has 0 radical (unpaired) electrons. The SMILES string of the molecule is Oc1cncc(O)n1. The van der Waals surface area contributed by atoms with Crippen molar-refractivity contribution in [3.63, 3.8) is 0 Å². The summed E-state index contributed by atoms with van der Waals surface area (Å²) in [5.74, 6) is -0.546. The van der Waals surface area contributed by atoms with Gasteiger partial charge in [0.25, 0.3) is 0 Å². The molecule has 0 saturated carbocycles. The largest absolute Gasteiger partial charge is 0.492 e. The minimum absolute atomic E-state index is 0.273. The predicted octanol–water partition coefficient (Wildman–Crippen LogP) is -0.112. The van der Waals surface area contributed by atoms with Crippen LogP contribution in [0.15, 0.2) is 12.4 Å². The molecule has 42 valence electrons. The lowest BCUT2D eigenvalue weighted by molar-refractivity contribution is 0.408. The molecule has 8 heavy (non-hydrogen) atoms. The van der Waals surface area contributed by atoms with E-state index in [4.69, 9.17) is 10.2 Å². The number of nitrogens with zero attached hydrogens (tertiary/aromatic N) is 2. The van der Waals surface area contributed by atoms with Gasteiger partial charge in [-0.05, 0) is 0 Å². The molecule has 4 nitrogen and oxygen atoms in total.